The number of rotatable bonds is 19. The van der Waals surface area contributed by atoms with Gasteiger partial charge in [0.25, 0.3) is 0 Å². The van der Waals surface area contributed by atoms with E-state index in [0.29, 0.717) is 0 Å². The molecule has 0 atom stereocenters. The van der Waals surface area contributed by atoms with Gasteiger partial charge in [0.05, 0.1) is 0 Å². The Morgan fingerprint density at radius 2 is 1.30 bits per heavy atom. The van der Waals surface area contributed by atoms with E-state index < -0.39 is 16.0 Å². The van der Waals surface area contributed by atoms with E-state index in [-0.39, 0.29) is 42.5 Å². The number of unbranched alkanes of at least 4 members (excludes halogenated alkanes) is 13. The van der Waals surface area contributed by atoms with Gasteiger partial charge in [-0.25, -0.2) is 13.1 Å². The van der Waals surface area contributed by atoms with Crippen molar-refractivity contribution < 1.29 is 47.9 Å². The van der Waals surface area contributed by atoms with Gasteiger partial charge in [-0.05, 0) is 12.8 Å². The molecule has 0 bridgehead atoms. The summed E-state index contributed by atoms with van der Waals surface area (Å²) in [5.74, 6) is -1.26. The number of carboxylic acids is 1. The van der Waals surface area contributed by atoms with Crippen LogP contribution in [-0.2, 0) is 14.8 Å². The van der Waals surface area contributed by atoms with Gasteiger partial charge in [-0.2, -0.15) is 0 Å². The van der Waals surface area contributed by atoms with Crippen LogP contribution in [-0.4, -0.2) is 20.9 Å². The molecule has 7 heteroatoms. The van der Waals surface area contributed by atoms with Gasteiger partial charge in [0.1, 0.15) is 0 Å². The van der Waals surface area contributed by atoms with Crippen LogP contribution in [0.1, 0.15) is 103 Å². The van der Waals surface area contributed by atoms with E-state index in [0.717, 1.165) is 24.7 Å². The second kappa shape index (κ2) is 20.8. The van der Waals surface area contributed by atoms with Crippen molar-refractivity contribution in [3.63, 3.8) is 0 Å². The Morgan fingerprint density at radius 3 is 1.74 bits per heavy atom. The van der Waals surface area contributed by atoms with Gasteiger partial charge >= 0.3 is 29.6 Å². The Hall–Kier alpha value is 0.120. The molecule has 0 aliphatic heterocycles. The van der Waals surface area contributed by atoms with Crippen LogP contribution in [0.3, 0.4) is 0 Å². The van der Waals surface area contributed by atoms with Crippen LogP contribution >= 0.6 is 0 Å². The van der Waals surface area contributed by atoms with Crippen molar-refractivity contribution in [3.05, 3.63) is 11.5 Å². The molecular formula is C20H38NNaO4S. The molecule has 0 heterocycles. The molecule has 154 valence electrons. The van der Waals surface area contributed by atoms with Crippen LogP contribution in [0.2, 0.25) is 0 Å². The fraction of sp³-hybridized carbons (Fsp3) is 0.850. The van der Waals surface area contributed by atoms with Crippen LogP contribution in [0.5, 0.6) is 0 Å². The number of hydrogen-bond acceptors (Lipinski definition) is 4. The molecule has 0 aliphatic carbocycles. The molecule has 0 saturated heterocycles. The third-order valence-electron chi connectivity index (χ3n) is 4.38. The topological polar surface area (TPSA) is 86.3 Å². The van der Waals surface area contributed by atoms with Crippen molar-refractivity contribution in [2.45, 2.75) is 103 Å². The van der Waals surface area contributed by atoms with E-state index in [2.05, 4.69) is 11.6 Å². The number of nitrogens with one attached hydrogen (secondary N) is 1. The third kappa shape index (κ3) is 24.1. The second-order valence-corrected chi connectivity index (χ2v) is 8.62. The van der Waals surface area contributed by atoms with Gasteiger partial charge in [-0.1, -0.05) is 90.0 Å². The van der Waals surface area contributed by atoms with Crippen LogP contribution in [0.25, 0.3) is 0 Å². The normalized spacial score (nSPS) is 11.6. The van der Waals surface area contributed by atoms with E-state index in [4.69, 9.17) is 0 Å². The Bertz CT molecular complexity index is 467. The fourth-order valence-electron chi connectivity index (χ4n) is 2.82. The van der Waals surface area contributed by atoms with Crippen molar-refractivity contribution in [3.8, 4) is 0 Å². The number of allylic oxidation sites excluding steroid dienone is 1. The van der Waals surface area contributed by atoms with Crippen molar-refractivity contribution in [1.82, 2.24) is 4.72 Å². The first-order valence-electron chi connectivity index (χ1n) is 10.3. The molecule has 0 radical (unpaired) electrons. The van der Waals surface area contributed by atoms with Crippen molar-refractivity contribution in [1.29, 1.82) is 0 Å². The number of carboxylic acid groups (broad SMARTS) is 1. The quantitative estimate of drug-likeness (QED) is 0.254. The minimum atomic E-state index is -3.52. The molecule has 27 heavy (non-hydrogen) atoms. The monoisotopic (exact) mass is 411 g/mol. The molecule has 1 N–H and O–H groups in total. The maximum atomic E-state index is 11.5. The summed E-state index contributed by atoms with van der Waals surface area (Å²) in [6.07, 6.45) is 18.9. The molecule has 0 fully saturated rings. The summed E-state index contributed by atoms with van der Waals surface area (Å²) < 4.78 is 25.3. The summed E-state index contributed by atoms with van der Waals surface area (Å²) in [7, 11) is -3.52. The Labute approximate surface area is 189 Å². The average Bonchev–Trinajstić information content (AvgIpc) is 2.57. The summed E-state index contributed by atoms with van der Waals surface area (Å²) in [6.45, 7) is 2.12. The molecule has 5 nitrogen and oxygen atoms in total. The van der Waals surface area contributed by atoms with Crippen LogP contribution in [0, 0.1) is 0 Å². The SMILES string of the molecule is CCCCCCCCCCCCCCC/C=C/S(=O)(=O)NCCC(=O)[O-].[Na+]. The van der Waals surface area contributed by atoms with Gasteiger partial charge in [0, 0.05) is 24.3 Å². The molecule has 0 aromatic rings. The number of aliphatic carboxylic acids is 1. The minimum absolute atomic E-state index is 0. The number of carbonyl (C=O) groups is 1. The zero-order valence-electron chi connectivity index (χ0n) is 17.5. The van der Waals surface area contributed by atoms with Crippen LogP contribution in [0.15, 0.2) is 11.5 Å². The first kappa shape index (κ1) is 29.3. The van der Waals surface area contributed by atoms with E-state index in [9.17, 15) is 18.3 Å². The maximum Gasteiger partial charge on any atom is 1.00 e. The molecule has 0 aromatic heterocycles. The Balaban J connectivity index is 0. The van der Waals surface area contributed by atoms with E-state index >= 15 is 0 Å². The van der Waals surface area contributed by atoms with Crippen molar-refractivity contribution in [2.24, 2.45) is 0 Å². The molecule has 0 aromatic carbocycles. The van der Waals surface area contributed by atoms with Crippen molar-refractivity contribution in [2.75, 3.05) is 6.54 Å². The summed E-state index contributed by atoms with van der Waals surface area (Å²) in [5, 5.41) is 11.4. The Morgan fingerprint density at radius 1 is 0.852 bits per heavy atom. The van der Waals surface area contributed by atoms with Crippen molar-refractivity contribution >= 4 is 16.0 Å². The van der Waals surface area contributed by atoms with E-state index in [1.54, 1.807) is 6.08 Å². The molecule has 0 rings (SSSR count). The summed E-state index contributed by atoms with van der Waals surface area (Å²) in [4.78, 5) is 10.2. The predicted octanol–water partition coefficient (Wildman–Crippen LogP) is 1.04. The summed E-state index contributed by atoms with van der Waals surface area (Å²) in [5.41, 5.74) is 0. The predicted molar refractivity (Wildman–Crippen MR) is 106 cm³/mol. The van der Waals surface area contributed by atoms with Gasteiger partial charge in [0.2, 0.25) is 10.0 Å². The molecule has 0 unspecified atom stereocenters. The molecule has 0 saturated carbocycles. The molecule has 0 aliphatic rings. The third-order valence-corrected chi connectivity index (χ3v) is 5.54. The number of hydrogen-bond donors (Lipinski definition) is 1. The van der Waals surface area contributed by atoms with E-state index in [1.807, 2.05) is 0 Å². The largest absolute Gasteiger partial charge is 1.00 e. The molecule has 0 amide bonds. The zero-order chi connectivity index (χ0) is 19.5. The van der Waals surface area contributed by atoms with Gasteiger partial charge in [0.15, 0.2) is 0 Å². The van der Waals surface area contributed by atoms with Gasteiger partial charge in [-0.15, -0.1) is 0 Å². The minimum Gasteiger partial charge on any atom is -0.550 e. The number of carbonyl (C=O) groups excluding carboxylic acids is 1. The number of sulfonamides is 1. The van der Waals surface area contributed by atoms with Crippen LogP contribution < -0.4 is 39.4 Å². The van der Waals surface area contributed by atoms with Crippen LogP contribution in [0.4, 0.5) is 0 Å². The molecule has 0 spiro atoms. The maximum absolute atomic E-state index is 11.5. The second-order valence-electron chi connectivity index (χ2n) is 6.96. The molecular weight excluding hydrogens is 373 g/mol. The van der Waals surface area contributed by atoms with Gasteiger partial charge in [-0.3, -0.25) is 0 Å². The summed E-state index contributed by atoms with van der Waals surface area (Å²) >= 11 is 0. The smallest absolute Gasteiger partial charge is 0.550 e. The fourth-order valence-corrected chi connectivity index (χ4v) is 3.69. The van der Waals surface area contributed by atoms with E-state index in [1.165, 1.54) is 70.6 Å². The zero-order valence-corrected chi connectivity index (χ0v) is 20.3. The Kier molecular flexibility index (Phi) is 22.6. The summed E-state index contributed by atoms with van der Waals surface area (Å²) in [6, 6.07) is 0. The standard InChI is InChI=1S/C20H39NO4S.Na/c1-2-3-4-5-6-7-8-9-10-11-12-13-14-15-16-19-26(24,25)21-18-17-20(22)23;/h16,19,21H,2-15,17-18H2,1H3,(H,22,23);/q;+1/p-1/b19-16+;. The van der Waals surface area contributed by atoms with Gasteiger partial charge < -0.3 is 9.90 Å². The first-order chi connectivity index (χ1) is 12.5. The first-order valence-corrected chi connectivity index (χ1v) is 11.9. The average molecular weight is 412 g/mol.